The van der Waals surface area contributed by atoms with Gasteiger partial charge in [0.15, 0.2) is 5.78 Å². The first-order chi connectivity index (χ1) is 7.61. The zero-order chi connectivity index (χ0) is 12.0. The highest BCUT2D eigenvalue weighted by Crippen LogP contribution is 2.08. The lowest BCUT2D eigenvalue weighted by atomic mass is 10.1. The topological polar surface area (TPSA) is 54.4 Å². The van der Waals surface area contributed by atoms with Gasteiger partial charge in [0.2, 0.25) is 0 Å². The Kier molecular flexibility index (Phi) is 4.73. The highest BCUT2D eigenvalue weighted by atomic mass is 35.5. The first-order valence-electron chi connectivity index (χ1n) is 4.69. The fourth-order valence-corrected chi connectivity index (χ4v) is 1.34. The second-order valence-electron chi connectivity index (χ2n) is 3.27. The average molecular weight is 239 g/mol. The Morgan fingerprint density at radius 2 is 2.12 bits per heavy atom. The number of hydrogen-bond donors (Lipinski definition) is 1. The summed E-state index contributed by atoms with van der Waals surface area (Å²) in [6.45, 7) is 0. The summed E-state index contributed by atoms with van der Waals surface area (Å²) in [6, 6.07) is 7.12. The molecule has 84 valence electrons. The second kappa shape index (κ2) is 6.08. The van der Waals surface area contributed by atoms with Crippen molar-refractivity contribution < 1.29 is 14.7 Å². The van der Waals surface area contributed by atoms with Crippen LogP contribution in [0.2, 0.25) is 0 Å². The number of carbonyl (C=O) groups excluding carboxylic acids is 1. The van der Waals surface area contributed by atoms with E-state index in [2.05, 4.69) is 0 Å². The Balaban J connectivity index is 2.78. The molecule has 0 saturated carbocycles. The van der Waals surface area contributed by atoms with Gasteiger partial charge in [-0.3, -0.25) is 4.79 Å². The smallest absolute Gasteiger partial charge is 0.328 e. The lowest BCUT2D eigenvalue weighted by Crippen LogP contribution is -2.03. The molecule has 1 rings (SSSR count). The molecule has 0 aliphatic carbocycles. The fraction of sp³-hybridized carbons (Fsp3) is 0.167. The maximum Gasteiger partial charge on any atom is 0.328 e. The van der Waals surface area contributed by atoms with Crippen molar-refractivity contribution in [3.63, 3.8) is 0 Å². The third-order valence-corrected chi connectivity index (χ3v) is 2.22. The van der Waals surface area contributed by atoms with E-state index in [1.165, 1.54) is 6.08 Å². The Labute approximate surface area is 98.4 Å². The molecule has 0 aliphatic heterocycles. The van der Waals surface area contributed by atoms with Crippen LogP contribution in [0.15, 0.2) is 30.3 Å². The molecule has 0 aromatic heterocycles. The largest absolute Gasteiger partial charge is 0.478 e. The summed E-state index contributed by atoms with van der Waals surface area (Å²) in [5, 5.41) is 8.47. The quantitative estimate of drug-likeness (QED) is 0.632. The fourth-order valence-electron chi connectivity index (χ4n) is 1.25. The molecule has 0 fully saturated rings. The molecule has 0 heterocycles. The summed E-state index contributed by atoms with van der Waals surface area (Å²) in [5.74, 6) is -1.06. The molecule has 0 amide bonds. The molecule has 3 nitrogen and oxygen atoms in total. The Morgan fingerprint density at radius 3 is 2.75 bits per heavy atom. The van der Waals surface area contributed by atoms with Crippen molar-refractivity contribution in [2.24, 2.45) is 0 Å². The van der Waals surface area contributed by atoms with Gasteiger partial charge in [0, 0.05) is 12.5 Å². The van der Waals surface area contributed by atoms with E-state index in [1.54, 1.807) is 18.2 Å². The molecule has 1 aromatic rings. The van der Waals surface area contributed by atoms with Crippen LogP contribution >= 0.6 is 11.6 Å². The van der Waals surface area contributed by atoms with Crippen molar-refractivity contribution in [1.29, 1.82) is 0 Å². The van der Waals surface area contributed by atoms with E-state index in [-0.39, 0.29) is 18.1 Å². The van der Waals surface area contributed by atoms with Crippen molar-refractivity contribution in [2.75, 3.05) is 5.88 Å². The van der Waals surface area contributed by atoms with Gasteiger partial charge in [-0.2, -0.15) is 0 Å². The molecule has 4 heteroatoms. The predicted octanol–water partition coefficient (Wildman–Crippen LogP) is 2.13. The summed E-state index contributed by atoms with van der Waals surface area (Å²) in [7, 11) is 0. The summed E-state index contributed by atoms with van der Waals surface area (Å²) >= 11 is 5.40. The second-order valence-corrected chi connectivity index (χ2v) is 3.53. The van der Waals surface area contributed by atoms with Crippen LogP contribution in [0.25, 0.3) is 6.08 Å². The maximum absolute atomic E-state index is 11.1. The number of benzene rings is 1. The predicted molar refractivity (Wildman–Crippen MR) is 62.5 cm³/mol. The molecule has 0 saturated heterocycles. The molecule has 0 bridgehead atoms. The first-order valence-corrected chi connectivity index (χ1v) is 5.23. The molecule has 1 aromatic carbocycles. The minimum absolute atomic E-state index is 0.00477. The summed E-state index contributed by atoms with van der Waals surface area (Å²) in [4.78, 5) is 21.4. The number of alkyl halides is 1. The molecule has 0 atom stereocenters. The van der Waals surface area contributed by atoms with E-state index < -0.39 is 5.97 Å². The highest BCUT2D eigenvalue weighted by molar-refractivity contribution is 6.27. The van der Waals surface area contributed by atoms with E-state index in [1.807, 2.05) is 6.07 Å². The van der Waals surface area contributed by atoms with Crippen LogP contribution in [0, 0.1) is 0 Å². The maximum atomic E-state index is 11.1. The number of ketones is 1. The van der Waals surface area contributed by atoms with Crippen molar-refractivity contribution in [2.45, 2.75) is 6.42 Å². The van der Waals surface area contributed by atoms with Gasteiger partial charge in [0.25, 0.3) is 0 Å². The van der Waals surface area contributed by atoms with Gasteiger partial charge in [0.1, 0.15) is 0 Å². The van der Waals surface area contributed by atoms with Gasteiger partial charge >= 0.3 is 5.97 Å². The van der Waals surface area contributed by atoms with Gasteiger partial charge in [-0.25, -0.2) is 4.79 Å². The first kappa shape index (κ1) is 12.5. The monoisotopic (exact) mass is 238 g/mol. The number of carboxylic acids is 1. The Bertz CT molecular complexity index is 424. The third kappa shape index (κ3) is 4.28. The van der Waals surface area contributed by atoms with Crippen LogP contribution in [0.5, 0.6) is 0 Å². The lowest BCUT2D eigenvalue weighted by molar-refractivity contribution is -0.131. The van der Waals surface area contributed by atoms with E-state index in [0.29, 0.717) is 0 Å². The number of aliphatic carboxylic acids is 1. The third-order valence-electron chi connectivity index (χ3n) is 1.92. The number of Topliss-reactive ketones (excluding diaryl/α,β-unsaturated/α-hetero) is 1. The summed E-state index contributed by atoms with van der Waals surface area (Å²) < 4.78 is 0. The van der Waals surface area contributed by atoms with Crippen LogP contribution in [0.4, 0.5) is 0 Å². The number of carbonyl (C=O) groups is 2. The van der Waals surface area contributed by atoms with Crippen LogP contribution < -0.4 is 0 Å². The van der Waals surface area contributed by atoms with Crippen molar-refractivity contribution in [3.8, 4) is 0 Å². The minimum atomic E-state index is -0.998. The summed E-state index contributed by atoms with van der Waals surface area (Å²) in [5.41, 5.74) is 1.58. The van der Waals surface area contributed by atoms with Crippen LogP contribution in [-0.4, -0.2) is 22.7 Å². The van der Waals surface area contributed by atoms with E-state index in [0.717, 1.165) is 17.2 Å². The van der Waals surface area contributed by atoms with Gasteiger partial charge < -0.3 is 5.11 Å². The average Bonchev–Trinajstić information content (AvgIpc) is 2.26. The molecule has 0 spiro atoms. The van der Waals surface area contributed by atoms with Gasteiger partial charge in [-0.15, -0.1) is 11.6 Å². The molecule has 1 N–H and O–H groups in total. The van der Waals surface area contributed by atoms with Crippen LogP contribution in [0.1, 0.15) is 11.1 Å². The van der Waals surface area contributed by atoms with Crippen LogP contribution in [-0.2, 0) is 16.0 Å². The minimum Gasteiger partial charge on any atom is -0.478 e. The molecular formula is C12H11ClO3. The number of carboxylic acid groups (broad SMARTS) is 1. The zero-order valence-corrected chi connectivity index (χ0v) is 9.28. The number of halogens is 1. The standard InChI is InChI=1S/C12H11ClO3/c13-8-11(14)7-10-3-1-2-9(6-10)4-5-12(15)16/h1-6H,7-8H2,(H,15,16)/b5-4+. The van der Waals surface area contributed by atoms with E-state index >= 15 is 0 Å². The van der Waals surface area contributed by atoms with Gasteiger partial charge in [0.05, 0.1) is 5.88 Å². The molecular weight excluding hydrogens is 228 g/mol. The lowest BCUT2D eigenvalue weighted by Gasteiger charge is -2.00. The normalized spacial score (nSPS) is 10.6. The molecule has 0 unspecified atom stereocenters. The Hall–Kier alpha value is -1.61. The number of rotatable bonds is 5. The van der Waals surface area contributed by atoms with Crippen molar-refractivity contribution >= 4 is 29.4 Å². The van der Waals surface area contributed by atoms with Gasteiger partial charge in [-0.05, 0) is 17.2 Å². The molecule has 0 aliphatic rings. The van der Waals surface area contributed by atoms with Crippen molar-refractivity contribution in [1.82, 2.24) is 0 Å². The summed E-state index contributed by atoms with van der Waals surface area (Å²) in [6.07, 6.45) is 2.82. The van der Waals surface area contributed by atoms with E-state index in [9.17, 15) is 9.59 Å². The SMILES string of the molecule is O=C(O)/C=C/c1cccc(CC(=O)CCl)c1. The number of hydrogen-bond acceptors (Lipinski definition) is 2. The zero-order valence-electron chi connectivity index (χ0n) is 8.52. The van der Waals surface area contributed by atoms with Gasteiger partial charge in [-0.1, -0.05) is 24.3 Å². The molecule has 0 radical (unpaired) electrons. The Morgan fingerprint density at radius 1 is 1.38 bits per heavy atom. The molecule has 16 heavy (non-hydrogen) atoms. The van der Waals surface area contributed by atoms with Crippen molar-refractivity contribution in [3.05, 3.63) is 41.5 Å². The van der Waals surface area contributed by atoms with Crippen LogP contribution in [0.3, 0.4) is 0 Å². The van der Waals surface area contributed by atoms with E-state index in [4.69, 9.17) is 16.7 Å². The highest BCUT2D eigenvalue weighted by Gasteiger charge is 2.01.